The molecule has 2 aromatic heterocycles. The fraction of sp³-hybridized carbons (Fsp3) is 0.0625. The van der Waals surface area contributed by atoms with E-state index in [0.717, 1.165) is 39.8 Å². The molecule has 0 N–H and O–H groups in total. The molecule has 0 unspecified atom stereocenters. The Morgan fingerprint density at radius 1 is 0.950 bits per heavy atom. The monoisotopic (exact) mass is 263 g/mol. The van der Waals surface area contributed by atoms with Gasteiger partial charge in [-0.2, -0.15) is 0 Å². The van der Waals surface area contributed by atoms with Crippen molar-refractivity contribution >= 4 is 16.6 Å². The molecule has 3 aromatic rings. The van der Waals surface area contributed by atoms with E-state index < -0.39 is 0 Å². The standard InChI is InChI=1S/C16H10FN3/c17-11-8-13-12(2-4-14(13)20-9-11)10-1-3-15-16(7-10)19-6-5-18-15/h1-3,5-9H,4H2. The van der Waals surface area contributed by atoms with E-state index in [1.54, 1.807) is 18.5 Å². The maximum absolute atomic E-state index is 13.4. The van der Waals surface area contributed by atoms with E-state index in [2.05, 4.69) is 21.0 Å². The lowest BCUT2D eigenvalue weighted by Gasteiger charge is -2.06. The van der Waals surface area contributed by atoms with E-state index in [1.807, 2.05) is 18.2 Å². The molecule has 0 saturated heterocycles. The summed E-state index contributed by atoms with van der Waals surface area (Å²) < 4.78 is 13.4. The largest absolute Gasteiger partial charge is 0.257 e. The van der Waals surface area contributed by atoms with Gasteiger partial charge in [0.25, 0.3) is 0 Å². The minimum Gasteiger partial charge on any atom is -0.257 e. The minimum atomic E-state index is -0.308. The van der Waals surface area contributed by atoms with Gasteiger partial charge >= 0.3 is 0 Å². The van der Waals surface area contributed by atoms with Crippen LogP contribution in [-0.4, -0.2) is 15.0 Å². The van der Waals surface area contributed by atoms with Crippen LogP contribution in [0.3, 0.4) is 0 Å². The summed E-state index contributed by atoms with van der Waals surface area (Å²) in [7, 11) is 0. The number of hydrogen-bond acceptors (Lipinski definition) is 3. The first-order chi connectivity index (χ1) is 9.81. The molecule has 0 saturated carbocycles. The van der Waals surface area contributed by atoms with Gasteiger partial charge in [-0.15, -0.1) is 0 Å². The highest BCUT2D eigenvalue weighted by molar-refractivity contribution is 5.88. The predicted molar refractivity (Wildman–Crippen MR) is 74.5 cm³/mol. The average Bonchev–Trinajstić information content (AvgIpc) is 2.89. The van der Waals surface area contributed by atoms with Gasteiger partial charge in [-0.1, -0.05) is 12.1 Å². The smallest absolute Gasteiger partial charge is 0.142 e. The van der Waals surface area contributed by atoms with Crippen LogP contribution in [0.25, 0.3) is 16.6 Å². The summed E-state index contributed by atoms with van der Waals surface area (Å²) in [6, 6.07) is 7.45. The molecule has 0 fully saturated rings. The highest BCUT2D eigenvalue weighted by Crippen LogP contribution is 2.32. The van der Waals surface area contributed by atoms with E-state index in [-0.39, 0.29) is 5.82 Å². The highest BCUT2D eigenvalue weighted by Gasteiger charge is 2.17. The number of allylic oxidation sites excluding steroid dienone is 1. The molecule has 0 radical (unpaired) electrons. The third-order valence-corrected chi connectivity index (χ3v) is 3.51. The quantitative estimate of drug-likeness (QED) is 0.677. The molecule has 2 heterocycles. The summed E-state index contributed by atoms with van der Waals surface area (Å²) >= 11 is 0. The summed E-state index contributed by atoms with van der Waals surface area (Å²) in [6.45, 7) is 0. The number of hydrogen-bond donors (Lipinski definition) is 0. The fourth-order valence-electron chi connectivity index (χ4n) is 2.58. The predicted octanol–water partition coefficient (Wildman–Crippen LogP) is 3.15. The van der Waals surface area contributed by atoms with Gasteiger partial charge in [-0.3, -0.25) is 15.0 Å². The third-order valence-electron chi connectivity index (χ3n) is 3.51. The SMILES string of the molecule is Fc1cnc2c(c1)C(c1ccc3nccnc3c1)=CC2. The van der Waals surface area contributed by atoms with Gasteiger partial charge in [-0.05, 0) is 29.3 Å². The zero-order chi connectivity index (χ0) is 13.5. The summed E-state index contributed by atoms with van der Waals surface area (Å²) in [5.41, 5.74) is 5.51. The van der Waals surface area contributed by atoms with E-state index in [9.17, 15) is 4.39 Å². The van der Waals surface area contributed by atoms with Gasteiger partial charge in [0.15, 0.2) is 0 Å². The molecule has 3 nitrogen and oxygen atoms in total. The van der Waals surface area contributed by atoms with Crippen LogP contribution in [0.15, 0.2) is 48.9 Å². The molecule has 1 aliphatic carbocycles. The van der Waals surface area contributed by atoms with Crippen LogP contribution in [0.5, 0.6) is 0 Å². The molecule has 0 amide bonds. The van der Waals surface area contributed by atoms with Gasteiger partial charge in [0.05, 0.1) is 22.9 Å². The van der Waals surface area contributed by atoms with Crippen LogP contribution in [0.1, 0.15) is 16.8 Å². The van der Waals surface area contributed by atoms with Crippen molar-refractivity contribution in [1.82, 2.24) is 15.0 Å². The number of aromatic nitrogens is 3. The zero-order valence-electron chi connectivity index (χ0n) is 10.5. The first-order valence-corrected chi connectivity index (χ1v) is 6.37. The topological polar surface area (TPSA) is 38.7 Å². The Labute approximate surface area is 114 Å². The van der Waals surface area contributed by atoms with Crippen molar-refractivity contribution in [3.63, 3.8) is 0 Å². The van der Waals surface area contributed by atoms with E-state index in [1.165, 1.54) is 6.20 Å². The number of fused-ring (bicyclic) bond motifs is 2. The number of nitrogens with zero attached hydrogens (tertiary/aromatic N) is 3. The fourth-order valence-corrected chi connectivity index (χ4v) is 2.58. The molecule has 4 heteroatoms. The molecule has 96 valence electrons. The van der Waals surface area contributed by atoms with Crippen molar-refractivity contribution in [3.05, 3.63) is 71.6 Å². The molecule has 0 aliphatic heterocycles. The van der Waals surface area contributed by atoms with Crippen LogP contribution in [-0.2, 0) is 6.42 Å². The molecular formula is C16H10FN3. The molecule has 0 atom stereocenters. The summed E-state index contributed by atoms with van der Waals surface area (Å²) in [5.74, 6) is -0.308. The van der Waals surface area contributed by atoms with Crippen LogP contribution < -0.4 is 0 Å². The Kier molecular flexibility index (Phi) is 2.36. The van der Waals surface area contributed by atoms with Crippen molar-refractivity contribution in [2.45, 2.75) is 6.42 Å². The summed E-state index contributed by atoms with van der Waals surface area (Å²) in [4.78, 5) is 12.7. The van der Waals surface area contributed by atoms with Crippen molar-refractivity contribution in [1.29, 1.82) is 0 Å². The minimum absolute atomic E-state index is 0.308. The van der Waals surface area contributed by atoms with Gasteiger partial charge in [0, 0.05) is 24.4 Å². The maximum Gasteiger partial charge on any atom is 0.142 e. The number of halogens is 1. The lowest BCUT2D eigenvalue weighted by Crippen LogP contribution is -1.93. The first kappa shape index (κ1) is 11.2. The average molecular weight is 263 g/mol. The molecule has 4 rings (SSSR count). The van der Waals surface area contributed by atoms with Crippen molar-refractivity contribution in [3.8, 4) is 0 Å². The number of benzene rings is 1. The molecular weight excluding hydrogens is 253 g/mol. The second kappa shape index (κ2) is 4.20. The number of rotatable bonds is 1. The van der Waals surface area contributed by atoms with Crippen molar-refractivity contribution < 1.29 is 4.39 Å². The summed E-state index contributed by atoms with van der Waals surface area (Å²) in [5, 5.41) is 0. The van der Waals surface area contributed by atoms with Gasteiger partial charge in [0.1, 0.15) is 5.82 Å². The molecule has 0 bridgehead atoms. The van der Waals surface area contributed by atoms with Crippen LogP contribution in [0.4, 0.5) is 4.39 Å². The Balaban J connectivity index is 1.87. The molecule has 1 aliphatic rings. The normalized spacial score (nSPS) is 13.3. The molecule has 0 spiro atoms. The lowest BCUT2D eigenvalue weighted by atomic mass is 10.0. The Morgan fingerprint density at radius 3 is 2.70 bits per heavy atom. The van der Waals surface area contributed by atoms with E-state index >= 15 is 0 Å². The van der Waals surface area contributed by atoms with Crippen molar-refractivity contribution in [2.75, 3.05) is 0 Å². The van der Waals surface area contributed by atoms with E-state index in [4.69, 9.17) is 0 Å². The van der Waals surface area contributed by atoms with Crippen LogP contribution in [0.2, 0.25) is 0 Å². The van der Waals surface area contributed by atoms with Crippen LogP contribution >= 0.6 is 0 Å². The number of pyridine rings is 1. The maximum atomic E-state index is 13.4. The van der Waals surface area contributed by atoms with E-state index in [0.29, 0.717) is 0 Å². The van der Waals surface area contributed by atoms with Crippen LogP contribution in [0, 0.1) is 5.82 Å². The van der Waals surface area contributed by atoms with Crippen molar-refractivity contribution in [2.24, 2.45) is 0 Å². The Bertz CT molecular complexity index is 855. The second-order valence-electron chi connectivity index (χ2n) is 4.73. The Morgan fingerprint density at radius 2 is 1.80 bits per heavy atom. The van der Waals surface area contributed by atoms with Gasteiger partial charge in [-0.25, -0.2) is 4.39 Å². The highest BCUT2D eigenvalue weighted by atomic mass is 19.1. The second-order valence-corrected chi connectivity index (χ2v) is 4.73. The summed E-state index contributed by atoms with van der Waals surface area (Å²) in [6.07, 6.45) is 7.43. The molecule has 1 aromatic carbocycles. The van der Waals surface area contributed by atoms with Gasteiger partial charge in [0.2, 0.25) is 0 Å². The Hall–Kier alpha value is -2.62. The lowest BCUT2D eigenvalue weighted by molar-refractivity contribution is 0.619. The molecule has 20 heavy (non-hydrogen) atoms. The third kappa shape index (κ3) is 1.69. The first-order valence-electron chi connectivity index (χ1n) is 6.37. The van der Waals surface area contributed by atoms with Gasteiger partial charge < -0.3 is 0 Å². The zero-order valence-corrected chi connectivity index (χ0v) is 10.5.